The van der Waals surface area contributed by atoms with Gasteiger partial charge in [0.05, 0.1) is 13.7 Å². The van der Waals surface area contributed by atoms with Gasteiger partial charge in [-0.25, -0.2) is 4.79 Å². The summed E-state index contributed by atoms with van der Waals surface area (Å²) in [5.74, 6) is -0.374. The van der Waals surface area contributed by atoms with E-state index in [0.717, 1.165) is 0 Å². The van der Waals surface area contributed by atoms with E-state index in [9.17, 15) is 4.79 Å². The van der Waals surface area contributed by atoms with E-state index in [1.165, 1.54) is 7.11 Å². The molecule has 4 nitrogen and oxygen atoms in total. The molecule has 0 aromatic heterocycles. The van der Waals surface area contributed by atoms with Gasteiger partial charge in [-0.2, -0.15) is 0 Å². The van der Waals surface area contributed by atoms with Gasteiger partial charge in [0.25, 0.3) is 0 Å². The Hall–Kier alpha value is -0.610. The first-order valence-corrected chi connectivity index (χ1v) is 3.07. The van der Waals surface area contributed by atoms with Gasteiger partial charge in [0.2, 0.25) is 0 Å². The minimum atomic E-state index is -0.374. The van der Waals surface area contributed by atoms with Crippen LogP contribution in [-0.4, -0.2) is 32.3 Å². The standard InChI is InChI=1S/C6H13NO3/c1-5(7)3-10-4-6(8)9-2/h5H,3-4,7H2,1-2H3. The van der Waals surface area contributed by atoms with Gasteiger partial charge < -0.3 is 15.2 Å². The Morgan fingerprint density at radius 1 is 1.70 bits per heavy atom. The first-order chi connectivity index (χ1) is 4.66. The maximum atomic E-state index is 10.4. The van der Waals surface area contributed by atoms with Crippen molar-refractivity contribution in [3.8, 4) is 0 Å². The molecule has 10 heavy (non-hydrogen) atoms. The molecule has 1 unspecified atom stereocenters. The van der Waals surface area contributed by atoms with Crippen molar-refractivity contribution in [2.75, 3.05) is 20.3 Å². The Morgan fingerprint density at radius 3 is 2.70 bits per heavy atom. The third-order valence-corrected chi connectivity index (χ3v) is 0.828. The van der Waals surface area contributed by atoms with E-state index in [2.05, 4.69) is 4.74 Å². The summed E-state index contributed by atoms with van der Waals surface area (Å²) in [5, 5.41) is 0. The van der Waals surface area contributed by atoms with Crippen molar-refractivity contribution in [3.05, 3.63) is 0 Å². The molecule has 0 aromatic carbocycles. The maximum absolute atomic E-state index is 10.4. The van der Waals surface area contributed by atoms with Gasteiger partial charge in [-0.3, -0.25) is 0 Å². The summed E-state index contributed by atoms with van der Waals surface area (Å²) in [7, 11) is 1.32. The van der Waals surface area contributed by atoms with Crippen LogP contribution in [-0.2, 0) is 14.3 Å². The second-order valence-electron chi connectivity index (χ2n) is 2.07. The molecule has 2 N–H and O–H groups in total. The average molecular weight is 147 g/mol. The molecule has 0 amide bonds. The van der Waals surface area contributed by atoms with Crippen molar-refractivity contribution >= 4 is 5.97 Å². The molecule has 1 atom stereocenters. The van der Waals surface area contributed by atoms with Crippen LogP contribution in [0.1, 0.15) is 6.92 Å². The summed E-state index contributed by atoms with van der Waals surface area (Å²) >= 11 is 0. The molecule has 0 aliphatic rings. The number of methoxy groups -OCH3 is 1. The van der Waals surface area contributed by atoms with Gasteiger partial charge in [-0.05, 0) is 6.92 Å². The molecule has 0 radical (unpaired) electrons. The highest BCUT2D eigenvalue weighted by Crippen LogP contribution is 1.81. The monoisotopic (exact) mass is 147 g/mol. The van der Waals surface area contributed by atoms with Gasteiger partial charge in [-0.1, -0.05) is 0 Å². The highest BCUT2D eigenvalue weighted by molar-refractivity contribution is 5.70. The van der Waals surface area contributed by atoms with Crippen molar-refractivity contribution in [2.45, 2.75) is 13.0 Å². The average Bonchev–Trinajstić information content (AvgIpc) is 1.87. The van der Waals surface area contributed by atoms with Gasteiger partial charge in [0.1, 0.15) is 6.61 Å². The van der Waals surface area contributed by atoms with Gasteiger partial charge in [-0.15, -0.1) is 0 Å². The number of carbonyl (C=O) groups excluding carboxylic acids is 1. The second kappa shape index (κ2) is 5.20. The Bertz CT molecular complexity index is 103. The lowest BCUT2D eigenvalue weighted by Gasteiger charge is -2.04. The number of rotatable bonds is 4. The minimum absolute atomic E-state index is 0.0158. The third-order valence-electron chi connectivity index (χ3n) is 0.828. The van der Waals surface area contributed by atoms with Crippen LogP contribution in [0.2, 0.25) is 0 Å². The van der Waals surface area contributed by atoms with Crippen LogP contribution in [0.25, 0.3) is 0 Å². The van der Waals surface area contributed by atoms with Gasteiger partial charge >= 0.3 is 5.97 Å². The minimum Gasteiger partial charge on any atom is -0.467 e. The van der Waals surface area contributed by atoms with E-state index >= 15 is 0 Å². The molecule has 4 heteroatoms. The first kappa shape index (κ1) is 9.39. The molecule has 0 saturated carbocycles. The number of hydrogen-bond acceptors (Lipinski definition) is 4. The van der Waals surface area contributed by atoms with E-state index in [1.807, 2.05) is 0 Å². The van der Waals surface area contributed by atoms with E-state index < -0.39 is 0 Å². The van der Waals surface area contributed by atoms with Crippen molar-refractivity contribution in [1.82, 2.24) is 0 Å². The maximum Gasteiger partial charge on any atom is 0.331 e. The lowest BCUT2D eigenvalue weighted by atomic mass is 10.4. The number of hydrogen-bond donors (Lipinski definition) is 1. The lowest BCUT2D eigenvalue weighted by molar-refractivity contribution is -0.145. The fourth-order valence-electron chi connectivity index (χ4n) is 0.387. The zero-order valence-corrected chi connectivity index (χ0v) is 6.29. The fourth-order valence-corrected chi connectivity index (χ4v) is 0.387. The van der Waals surface area contributed by atoms with E-state index in [-0.39, 0.29) is 18.6 Å². The van der Waals surface area contributed by atoms with Gasteiger partial charge in [0.15, 0.2) is 0 Å². The van der Waals surface area contributed by atoms with E-state index in [1.54, 1.807) is 6.92 Å². The number of nitrogens with two attached hydrogens (primary N) is 1. The van der Waals surface area contributed by atoms with Crippen molar-refractivity contribution < 1.29 is 14.3 Å². The van der Waals surface area contributed by atoms with Gasteiger partial charge in [0, 0.05) is 6.04 Å². The fraction of sp³-hybridized carbons (Fsp3) is 0.833. The van der Waals surface area contributed by atoms with Crippen molar-refractivity contribution in [3.63, 3.8) is 0 Å². The summed E-state index contributed by atoms with van der Waals surface area (Å²) < 4.78 is 9.18. The Kier molecular flexibility index (Phi) is 4.88. The topological polar surface area (TPSA) is 61.5 Å². The molecule has 0 bridgehead atoms. The summed E-state index contributed by atoms with van der Waals surface area (Å²) in [4.78, 5) is 10.4. The Morgan fingerprint density at radius 2 is 2.30 bits per heavy atom. The summed E-state index contributed by atoms with van der Waals surface area (Å²) in [6.07, 6.45) is 0. The molecular formula is C6H13NO3. The number of carbonyl (C=O) groups is 1. The molecule has 60 valence electrons. The zero-order valence-electron chi connectivity index (χ0n) is 6.29. The quantitative estimate of drug-likeness (QED) is 0.546. The normalized spacial score (nSPS) is 12.7. The summed E-state index contributed by atoms with van der Waals surface area (Å²) in [6.45, 7) is 2.17. The van der Waals surface area contributed by atoms with Crippen LogP contribution in [0.3, 0.4) is 0 Å². The van der Waals surface area contributed by atoms with Crippen LogP contribution in [0.4, 0.5) is 0 Å². The highest BCUT2D eigenvalue weighted by Gasteiger charge is 1.99. The molecule has 0 heterocycles. The van der Waals surface area contributed by atoms with Crippen LogP contribution in [0.15, 0.2) is 0 Å². The summed E-state index contributed by atoms with van der Waals surface area (Å²) in [6, 6.07) is -0.0374. The SMILES string of the molecule is COC(=O)COCC(C)N. The zero-order chi connectivity index (χ0) is 7.98. The van der Waals surface area contributed by atoms with Crippen LogP contribution in [0, 0.1) is 0 Å². The predicted octanol–water partition coefficient (Wildman–Crippen LogP) is -0.477. The number of esters is 1. The first-order valence-electron chi connectivity index (χ1n) is 3.07. The van der Waals surface area contributed by atoms with Crippen molar-refractivity contribution in [1.29, 1.82) is 0 Å². The lowest BCUT2D eigenvalue weighted by Crippen LogP contribution is -2.24. The highest BCUT2D eigenvalue weighted by atomic mass is 16.6. The third kappa shape index (κ3) is 5.53. The van der Waals surface area contributed by atoms with Crippen LogP contribution < -0.4 is 5.73 Å². The van der Waals surface area contributed by atoms with E-state index in [0.29, 0.717) is 6.61 Å². The van der Waals surface area contributed by atoms with Crippen LogP contribution >= 0.6 is 0 Å². The predicted molar refractivity (Wildman–Crippen MR) is 36.5 cm³/mol. The molecule has 0 aliphatic heterocycles. The smallest absolute Gasteiger partial charge is 0.331 e. The molecule has 0 aromatic rings. The largest absolute Gasteiger partial charge is 0.467 e. The second-order valence-corrected chi connectivity index (χ2v) is 2.07. The van der Waals surface area contributed by atoms with Crippen molar-refractivity contribution in [2.24, 2.45) is 5.73 Å². The molecule has 0 aliphatic carbocycles. The molecule has 0 saturated heterocycles. The Balaban J connectivity index is 3.12. The van der Waals surface area contributed by atoms with Crippen LogP contribution in [0.5, 0.6) is 0 Å². The summed E-state index contributed by atoms with van der Waals surface area (Å²) in [5.41, 5.74) is 5.34. The molecule has 0 spiro atoms. The molecule has 0 rings (SSSR count). The van der Waals surface area contributed by atoms with E-state index in [4.69, 9.17) is 10.5 Å². The molecule has 0 fully saturated rings. The Labute approximate surface area is 60.3 Å². The molecular weight excluding hydrogens is 134 g/mol. The number of ether oxygens (including phenoxy) is 2.